The molecule has 0 bridgehead atoms. The molecule has 0 radical (unpaired) electrons. The fourth-order valence-electron chi connectivity index (χ4n) is 4.13. The number of nitrogens with one attached hydrogen (secondary N) is 1. The van der Waals surface area contributed by atoms with Crippen LogP contribution in [0.3, 0.4) is 0 Å². The Labute approximate surface area is 201 Å². The normalized spacial score (nSPS) is 14.1. The maximum atomic E-state index is 12.7. The Hall–Kier alpha value is -4.41. The van der Waals surface area contributed by atoms with E-state index in [9.17, 15) is 9.59 Å². The van der Waals surface area contributed by atoms with Crippen molar-refractivity contribution in [1.29, 1.82) is 0 Å². The largest absolute Gasteiger partial charge is 0.356 e. The summed E-state index contributed by atoms with van der Waals surface area (Å²) in [7, 11) is 0. The quantitative estimate of drug-likeness (QED) is 0.428. The van der Waals surface area contributed by atoms with E-state index >= 15 is 0 Å². The molecule has 4 heterocycles. The van der Waals surface area contributed by atoms with E-state index in [1.807, 2.05) is 36.4 Å². The third kappa shape index (κ3) is 5.24. The van der Waals surface area contributed by atoms with Crippen molar-refractivity contribution >= 4 is 11.7 Å². The number of amides is 1. The number of carbonyl (C=O) groups excluding carboxylic acids is 1. The zero-order valence-electron chi connectivity index (χ0n) is 19.1. The molecule has 1 aliphatic heterocycles. The molecule has 1 saturated heterocycles. The van der Waals surface area contributed by atoms with Crippen LogP contribution < -0.4 is 15.8 Å². The Bertz CT molecular complexity index is 1330. The van der Waals surface area contributed by atoms with Gasteiger partial charge in [-0.15, -0.1) is 0 Å². The van der Waals surface area contributed by atoms with Crippen LogP contribution in [0.1, 0.15) is 12.8 Å². The molecule has 178 valence electrons. The average molecular weight is 472 g/mol. The van der Waals surface area contributed by atoms with E-state index in [0.717, 1.165) is 29.9 Å². The lowest BCUT2D eigenvalue weighted by molar-refractivity contribution is -0.125. The molecular formula is C24H25N9O2. The highest BCUT2D eigenvalue weighted by Gasteiger charge is 2.25. The van der Waals surface area contributed by atoms with Crippen LogP contribution in [0.15, 0.2) is 72.3 Å². The number of aromatic nitrogens is 7. The van der Waals surface area contributed by atoms with Gasteiger partial charge in [0.05, 0.1) is 12.2 Å². The molecule has 0 spiro atoms. The summed E-state index contributed by atoms with van der Waals surface area (Å²) in [5.41, 5.74) is 1.47. The molecule has 1 amide bonds. The lowest BCUT2D eigenvalue weighted by Crippen LogP contribution is -2.42. The van der Waals surface area contributed by atoms with E-state index in [2.05, 4.69) is 35.4 Å². The second-order valence-corrected chi connectivity index (χ2v) is 8.27. The van der Waals surface area contributed by atoms with Gasteiger partial charge in [-0.1, -0.05) is 30.3 Å². The van der Waals surface area contributed by atoms with Crippen molar-refractivity contribution in [2.24, 2.45) is 5.92 Å². The van der Waals surface area contributed by atoms with Gasteiger partial charge in [0.2, 0.25) is 5.91 Å². The molecule has 1 fully saturated rings. The van der Waals surface area contributed by atoms with Crippen molar-refractivity contribution in [1.82, 2.24) is 39.8 Å². The molecule has 3 aromatic heterocycles. The number of hydrogen-bond donors (Lipinski definition) is 1. The zero-order chi connectivity index (χ0) is 24.0. The van der Waals surface area contributed by atoms with Crippen LogP contribution in [0.4, 0.5) is 5.82 Å². The first-order valence-corrected chi connectivity index (χ1v) is 11.5. The minimum Gasteiger partial charge on any atom is -0.356 e. The topological polar surface area (TPSA) is 124 Å². The summed E-state index contributed by atoms with van der Waals surface area (Å²) in [6, 6.07) is 14.8. The molecule has 0 aliphatic carbocycles. The number of rotatable bonds is 7. The number of hydrogen-bond acceptors (Lipinski definition) is 8. The highest BCUT2D eigenvalue weighted by molar-refractivity contribution is 5.78. The maximum absolute atomic E-state index is 12.7. The van der Waals surface area contributed by atoms with E-state index in [0.29, 0.717) is 32.0 Å². The van der Waals surface area contributed by atoms with Gasteiger partial charge in [0.1, 0.15) is 24.8 Å². The number of carbonyl (C=O) groups is 1. The third-order valence-electron chi connectivity index (χ3n) is 6.04. The van der Waals surface area contributed by atoms with Gasteiger partial charge in [0, 0.05) is 43.2 Å². The summed E-state index contributed by atoms with van der Waals surface area (Å²) in [5.74, 6) is 1.37. The first-order chi connectivity index (χ1) is 17.2. The number of piperidine rings is 1. The summed E-state index contributed by atoms with van der Waals surface area (Å²) >= 11 is 0. The van der Waals surface area contributed by atoms with E-state index in [1.54, 1.807) is 17.1 Å². The van der Waals surface area contributed by atoms with E-state index in [1.165, 1.54) is 23.4 Å². The minimum atomic E-state index is -0.192. The van der Waals surface area contributed by atoms with Crippen LogP contribution >= 0.6 is 0 Å². The zero-order valence-corrected chi connectivity index (χ0v) is 19.1. The Kier molecular flexibility index (Phi) is 6.55. The Balaban J connectivity index is 1.13. The van der Waals surface area contributed by atoms with Gasteiger partial charge in [-0.25, -0.2) is 24.3 Å². The van der Waals surface area contributed by atoms with Crippen LogP contribution in [0, 0.1) is 5.92 Å². The van der Waals surface area contributed by atoms with Crippen molar-refractivity contribution < 1.29 is 4.79 Å². The van der Waals surface area contributed by atoms with Gasteiger partial charge < -0.3 is 10.2 Å². The van der Waals surface area contributed by atoms with Crippen LogP contribution in [0.2, 0.25) is 0 Å². The Morgan fingerprint density at radius 2 is 1.80 bits per heavy atom. The Morgan fingerprint density at radius 1 is 1.00 bits per heavy atom. The van der Waals surface area contributed by atoms with Crippen LogP contribution in [-0.4, -0.2) is 60.1 Å². The van der Waals surface area contributed by atoms with E-state index < -0.39 is 0 Å². The van der Waals surface area contributed by atoms with Crippen LogP contribution in [0.5, 0.6) is 0 Å². The molecule has 5 rings (SSSR count). The molecule has 11 nitrogen and oxygen atoms in total. The SMILES string of the molecule is O=C(NCCn1nc(-c2ccccc2)ccc1=O)C1CCN(c2cc(-n3cncn3)ncn2)CC1. The van der Waals surface area contributed by atoms with Crippen molar-refractivity contribution in [3.8, 4) is 17.1 Å². The summed E-state index contributed by atoms with van der Waals surface area (Å²) in [5, 5.41) is 11.5. The molecule has 35 heavy (non-hydrogen) atoms. The van der Waals surface area contributed by atoms with Gasteiger partial charge in [-0.05, 0) is 18.9 Å². The predicted molar refractivity (Wildman–Crippen MR) is 129 cm³/mol. The molecule has 4 aromatic rings. The third-order valence-corrected chi connectivity index (χ3v) is 6.04. The number of benzene rings is 1. The number of anilines is 1. The molecule has 0 unspecified atom stereocenters. The molecule has 0 atom stereocenters. The monoisotopic (exact) mass is 471 g/mol. The summed E-state index contributed by atoms with van der Waals surface area (Å²) in [4.78, 5) is 39.6. The minimum absolute atomic E-state index is 0.00269. The second-order valence-electron chi connectivity index (χ2n) is 8.27. The smallest absolute Gasteiger partial charge is 0.266 e. The van der Waals surface area contributed by atoms with Crippen LogP contribution in [-0.2, 0) is 11.3 Å². The van der Waals surface area contributed by atoms with Gasteiger partial charge in [-0.3, -0.25) is 9.59 Å². The summed E-state index contributed by atoms with van der Waals surface area (Å²) in [6.07, 6.45) is 5.99. The standard InChI is InChI=1S/C24H25N9O2/c34-23-7-6-20(18-4-2-1-3-5-18)30-32(23)13-10-26-24(35)19-8-11-31(12-9-19)21-14-22(28-16-27-21)33-17-25-15-29-33/h1-7,14-17,19H,8-13H2,(H,26,35). The molecule has 0 saturated carbocycles. The second kappa shape index (κ2) is 10.2. The fourth-order valence-corrected chi connectivity index (χ4v) is 4.13. The molecule has 1 N–H and O–H groups in total. The fraction of sp³-hybridized carbons (Fsp3) is 0.292. The van der Waals surface area contributed by atoms with Crippen molar-refractivity contribution in [2.45, 2.75) is 19.4 Å². The van der Waals surface area contributed by atoms with Crippen molar-refractivity contribution in [3.63, 3.8) is 0 Å². The predicted octanol–water partition coefficient (Wildman–Crippen LogP) is 1.31. The van der Waals surface area contributed by atoms with Crippen molar-refractivity contribution in [2.75, 3.05) is 24.5 Å². The van der Waals surface area contributed by atoms with Crippen molar-refractivity contribution in [3.05, 3.63) is 77.9 Å². The van der Waals surface area contributed by atoms with Gasteiger partial charge in [0.25, 0.3) is 5.56 Å². The van der Waals surface area contributed by atoms with E-state index in [-0.39, 0.29) is 17.4 Å². The highest BCUT2D eigenvalue weighted by atomic mass is 16.2. The molecular weight excluding hydrogens is 446 g/mol. The number of nitrogens with zero attached hydrogens (tertiary/aromatic N) is 8. The summed E-state index contributed by atoms with van der Waals surface area (Å²) in [6.45, 7) is 2.09. The lowest BCUT2D eigenvalue weighted by Gasteiger charge is -2.32. The van der Waals surface area contributed by atoms with E-state index in [4.69, 9.17) is 0 Å². The van der Waals surface area contributed by atoms with Gasteiger partial charge in [0.15, 0.2) is 5.82 Å². The molecule has 1 aromatic carbocycles. The maximum Gasteiger partial charge on any atom is 0.266 e. The first-order valence-electron chi connectivity index (χ1n) is 11.5. The van der Waals surface area contributed by atoms with Gasteiger partial charge >= 0.3 is 0 Å². The highest BCUT2D eigenvalue weighted by Crippen LogP contribution is 2.22. The average Bonchev–Trinajstić information content (AvgIpc) is 3.46. The van der Waals surface area contributed by atoms with Gasteiger partial charge in [-0.2, -0.15) is 10.2 Å². The molecule has 1 aliphatic rings. The van der Waals surface area contributed by atoms with Crippen LogP contribution in [0.25, 0.3) is 17.1 Å². The Morgan fingerprint density at radius 3 is 2.57 bits per heavy atom. The lowest BCUT2D eigenvalue weighted by atomic mass is 9.96. The molecule has 11 heteroatoms. The summed E-state index contributed by atoms with van der Waals surface area (Å²) < 4.78 is 2.98. The first kappa shape index (κ1) is 22.4.